The van der Waals surface area contributed by atoms with Crippen LogP contribution in [0.2, 0.25) is 0 Å². The highest BCUT2D eigenvalue weighted by atomic mass is 19.1. The van der Waals surface area contributed by atoms with Crippen LogP contribution in [0, 0.1) is 0 Å². The summed E-state index contributed by atoms with van der Waals surface area (Å²) in [4.78, 5) is 12.5. The normalized spacial score (nSPS) is 26.9. The van der Waals surface area contributed by atoms with Gasteiger partial charge in [0.2, 0.25) is 5.67 Å². The lowest BCUT2D eigenvalue weighted by atomic mass is 9.80. The number of rotatable bonds is 4. The summed E-state index contributed by atoms with van der Waals surface area (Å²) in [7, 11) is 0. The number of hydrogen-bond acceptors (Lipinski definition) is 3. The predicted octanol–water partition coefficient (Wildman–Crippen LogP) is 3.39. The minimum atomic E-state index is -2.13. The van der Waals surface area contributed by atoms with E-state index in [2.05, 4.69) is 5.32 Å². The van der Waals surface area contributed by atoms with Crippen molar-refractivity contribution in [3.63, 3.8) is 0 Å². The molecule has 3 atom stereocenters. The van der Waals surface area contributed by atoms with Crippen LogP contribution in [-0.2, 0) is 9.53 Å². The van der Waals surface area contributed by atoms with Gasteiger partial charge in [0.05, 0.1) is 12.6 Å². The minimum Gasteiger partial charge on any atom is -0.464 e. The Morgan fingerprint density at radius 1 is 1.13 bits per heavy atom. The SMILES string of the molecule is CCOC(=O)[C@@]1(F)[C@@H](c2ccccc2)NC[C@H]1c1ccccc1. The molecule has 4 heteroatoms. The molecule has 23 heavy (non-hydrogen) atoms. The van der Waals surface area contributed by atoms with E-state index in [1.165, 1.54) is 0 Å². The number of carbonyl (C=O) groups is 1. The second-order valence-corrected chi connectivity index (χ2v) is 5.70. The molecule has 0 amide bonds. The molecular weight excluding hydrogens is 293 g/mol. The van der Waals surface area contributed by atoms with Gasteiger partial charge in [0, 0.05) is 12.5 Å². The third-order valence-electron chi connectivity index (χ3n) is 4.38. The van der Waals surface area contributed by atoms with E-state index in [1.807, 2.05) is 60.7 Å². The molecular formula is C19H20FNO2. The highest BCUT2D eigenvalue weighted by Crippen LogP contribution is 2.46. The Balaban J connectivity index is 2.03. The Labute approximate surface area is 135 Å². The first-order chi connectivity index (χ1) is 11.2. The molecule has 0 aliphatic carbocycles. The molecule has 2 aromatic carbocycles. The number of carbonyl (C=O) groups excluding carboxylic acids is 1. The molecule has 0 spiro atoms. The highest BCUT2D eigenvalue weighted by molar-refractivity contribution is 5.83. The zero-order chi connectivity index (χ0) is 16.3. The zero-order valence-corrected chi connectivity index (χ0v) is 13.0. The number of alkyl halides is 1. The molecule has 1 aliphatic heterocycles. The van der Waals surface area contributed by atoms with Gasteiger partial charge in [-0.2, -0.15) is 0 Å². The Hall–Kier alpha value is -2.20. The zero-order valence-electron chi connectivity index (χ0n) is 13.0. The largest absolute Gasteiger partial charge is 0.464 e. The first-order valence-corrected chi connectivity index (χ1v) is 7.87. The number of benzene rings is 2. The summed E-state index contributed by atoms with van der Waals surface area (Å²) >= 11 is 0. The number of hydrogen-bond donors (Lipinski definition) is 1. The quantitative estimate of drug-likeness (QED) is 0.879. The average Bonchev–Trinajstić information content (AvgIpc) is 2.95. The smallest absolute Gasteiger partial charge is 0.346 e. The number of esters is 1. The minimum absolute atomic E-state index is 0.160. The van der Waals surface area contributed by atoms with Crippen molar-refractivity contribution in [2.45, 2.75) is 24.6 Å². The summed E-state index contributed by atoms with van der Waals surface area (Å²) in [6.07, 6.45) is 0. The lowest BCUT2D eigenvalue weighted by Gasteiger charge is -2.30. The first-order valence-electron chi connectivity index (χ1n) is 7.87. The highest BCUT2D eigenvalue weighted by Gasteiger charge is 2.59. The van der Waals surface area contributed by atoms with Gasteiger partial charge in [-0.25, -0.2) is 9.18 Å². The third-order valence-corrected chi connectivity index (χ3v) is 4.38. The molecule has 1 saturated heterocycles. The average molecular weight is 313 g/mol. The van der Waals surface area contributed by atoms with Crippen LogP contribution in [0.4, 0.5) is 4.39 Å². The van der Waals surface area contributed by atoms with Crippen molar-refractivity contribution in [3.05, 3.63) is 71.8 Å². The summed E-state index contributed by atoms with van der Waals surface area (Å²) in [5.74, 6) is -1.37. The molecule has 1 N–H and O–H groups in total. The third kappa shape index (κ3) is 2.75. The van der Waals surface area contributed by atoms with Crippen LogP contribution in [0.25, 0.3) is 0 Å². The summed E-state index contributed by atoms with van der Waals surface area (Å²) < 4.78 is 21.1. The van der Waals surface area contributed by atoms with Gasteiger partial charge in [-0.05, 0) is 18.1 Å². The maximum atomic E-state index is 16.1. The van der Waals surface area contributed by atoms with E-state index < -0.39 is 23.6 Å². The summed E-state index contributed by atoms with van der Waals surface area (Å²) in [6.45, 7) is 2.24. The number of nitrogens with one attached hydrogen (secondary N) is 1. The van der Waals surface area contributed by atoms with E-state index >= 15 is 4.39 Å². The fraction of sp³-hybridized carbons (Fsp3) is 0.316. The first kappa shape index (κ1) is 15.7. The fourth-order valence-corrected chi connectivity index (χ4v) is 3.29. The topological polar surface area (TPSA) is 38.3 Å². The van der Waals surface area contributed by atoms with Crippen LogP contribution in [0.5, 0.6) is 0 Å². The van der Waals surface area contributed by atoms with Gasteiger partial charge in [-0.1, -0.05) is 60.7 Å². The van der Waals surface area contributed by atoms with Crippen molar-refractivity contribution in [2.75, 3.05) is 13.2 Å². The van der Waals surface area contributed by atoms with E-state index in [1.54, 1.807) is 6.92 Å². The summed E-state index contributed by atoms with van der Waals surface area (Å²) in [5.41, 5.74) is -0.575. The second kappa shape index (κ2) is 6.50. The molecule has 1 fully saturated rings. The van der Waals surface area contributed by atoms with Crippen LogP contribution in [0.15, 0.2) is 60.7 Å². The Bertz CT molecular complexity index is 612. The van der Waals surface area contributed by atoms with Crippen molar-refractivity contribution in [2.24, 2.45) is 0 Å². The lowest BCUT2D eigenvalue weighted by molar-refractivity contribution is -0.159. The standard InChI is InChI=1S/C19H20FNO2/c1-2-23-18(22)19(20)16(14-9-5-3-6-10-14)13-21-17(19)15-11-7-4-8-12-15/h3-12,16-17,21H,2,13H2,1H3/t16-,17+,19-/m0/s1. The van der Waals surface area contributed by atoms with E-state index in [0.29, 0.717) is 6.54 Å². The van der Waals surface area contributed by atoms with Gasteiger partial charge in [0.1, 0.15) is 0 Å². The van der Waals surface area contributed by atoms with Crippen molar-refractivity contribution in [1.29, 1.82) is 0 Å². The van der Waals surface area contributed by atoms with Crippen LogP contribution in [0.1, 0.15) is 30.0 Å². The molecule has 1 aliphatic rings. The molecule has 0 saturated carbocycles. The number of halogens is 1. The second-order valence-electron chi connectivity index (χ2n) is 5.70. The predicted molar refractivity (Wildman–Crippen MR) is 86.8 cm³/mol. The Morgan fingerprint density at radius 3 is 2.26 bits per heavy atom. The molecule has 0 radical (unpaired) electrons. The molecule has 3 rings (SSSR count). The molecule has 0 aromatic heterocycles. The Kier molecular flexibility index (Phi) is 4.44. The van der Waals surface area contributed by atoms with Crippen molar-refractivity contribution in [3.8, 4) is 0 Å². The summed E-state index contributed by atoms with van der Waals surface area (Å²) in [6, 6.07) is 17.8. The van der Waals surface area contributed by atoms with Gasteiger partial charge in [-0.3, -0.25) is 0 Å². The van der Waals surface area contributed by atoms with Crippen LogP contribution >= 0.6 is 0 Å². The van der Waals surface area contributed by atoms with Crippen molar-refractivity contribution < 1.29 is 13.9 Å². The molecule has 3 nitrogen and oxygen atoms in total. The molecule has 2 aromatic rings. The van der Waals surface area contributed by atoms with Crippen LogP contribution < -0.4 is 5.32 Å². The van der Waals surface area contributed by atoms with Gasteiger partial charge in [-0.15, -0.1) is 0 Å². The van der Waals surface area contributed by atoms with Gasteiger partial charge >= 0.3 is 5.97 Å². The number of ether oxygens (including phenoxy) is 1. The van der Waals surface area contributed by atoms with E-state index in [4.69, 9.17) is 4.74 Å². The monoisotopic (exact) mass is 313 g/mol. The van der Waals surface area contributed by atoms with E-state index in [9.17, 15) is 4.79 Å². The Morgan fingerprint density at radius 2 is 1.70 bits per heavy atom. The molecule has 120 valence electrons. The van der Waals surface area contributed by atoms with Gasteiger partial charge in [0.15, 0.2) is 0 Å². The van der Waals surface area contributed by atoms with E-state index in [-0.39, 0.29) is 6.61 Å². The van der Waals surface area contributed by atoms with Gasteiger partial charge < -0.3 is 10.1 Å². The van der Waals surface area contributed by atoms with Crippen molar-refractivity contribution in [1.82, 2.24) is 5.32 Å². The fourth-order valence-electron chi connectivity index (χ4n) is 3.29. The molecule has 0 bridgehead atoms. The lowest BCUT2D eigenvalue weighted by Crippen LogP contribution is -2.44. The maximum Gasteiger partial charge on any atom is 0.346 e. The molecule has 0 unspecified atom stereocenters. The molecule has 1 heterocycles. The summed E-state index contributed by atoms with van der Waals surface area (Å²) in [5, 5.41) is 3.18. The maximum absolute atomic E-state index is 16.1. The van der Waals surface area contributed by atoms with Crippen LogP contribution in [-0.4, -0.2) is 24.8 Å². The van der Waals surface area contributed by atoms with Crippen LogP contribution in [0.3, 0.4) is 0 Å². The van der Waals surface area contributed by atoms with Gasteiger partial charge in [0.25, 0.3) is 0 Å². The van der Waals surface area contributed by atoms with Crippen molar-refractivity contribution >= 4 is 5.97 Å². The van der Waals surface area contributed by atoms with E-state index in [0.717, 1.165) is 11.1 Å².